The second-order valence-electron chi connectivity index (χ2n) is 7.72. The zero-order valence-corrected chi connectivity index (χ0v) is 18.4. The minimum Gasteiger partial charge on any atom is -0.598 e. The van der Waals surface area contributed by atoms with E-state index in [1.807, 2.05) is 64.1 Å². The smallest absolute Gasteiger partial charge is 0.136 e. The lowest BCUT2D eigenvalue weighted by atomic mass is 10.0. The van der Waals surface area contributed by atoms with Crippen molar-refractivity contribution in [2.24, 2.45) is 0 Å². The van der Waals surface area contributed by atoms with Crippen LogP contribution in [0.1, 0.15) is 45.1 Å². The van der Waals surface area contributed by atoms with Crippen LogP contribution >= 0.6 is 0 Å². The van der Waals surface area contributed by atoms with E-state index in [2.05, 4.69) is 9.71 Å². The molecule has 2 rings (SSSR count). The standard InChI is InChI=1S/C22H32N2O4S/c1-5-28-19(16-27-15-17-11-7-6-8-12-17)20(24-29(26)22(2,3)4)21(25)18-13-9-10-14-23-18/h6-14,19-21,24-25H,5,15-16H2,1-4H3. The summed E-state index contributed by atoms with van der Waals surface area (Å²) in [6.45, 7) is 8.63. The van der Waals surface area contributed by atoms with Crippen LogP contribution in [0.4, 0.5) is 0 Å². The van der Waals surface area contributed by atoms with Gasteiger partial charge in [-0.05, 0) is 45.4 Å². The van der Waals surface area contributed by atoms with Gasteiger partial charge in [-0.1, -0.05) is 36.4 Å². The molecular weight excluding hydrogens is 388 g/mol. The van der Waals surface area contributed by atoms with E-state index in [4.69, 9.17) is 9.47 Å². The number of aliphatic hydroxyl groups is 1. The Morgan fingerprint density at radius 3 is 2.41 bits per heavy atom. The molecule has 7 heteroatoms. The van der Waals surface area contributed by atoms with Gasteiger partial charge in [-0.3, -0.25) is 4.98 Å². The van der Waals surface area contributed by atoms with Crippen LogP contribution < -0.4 is 4.72 Å². The molecule has 1 aromatic carbocycles. The molecule has 29 heavy (non-hydrogen) atoms. The lowest BCUT2D eigenvalue weighted by Gasteiger charge is -2.34. The lowest BCUT2D eigenvalue weighted by molar-refractivity contribution is -0.0570. The molecule has 0 saturated heterocycles. The van der Waals surface area contributed by atoms with E-state index >= 15 is 0 Å². The monoisotopic (exact) mass is 420 g/mol. The summed E-state index contributed by atoms with van der Waals surface area (Å²) in [6.07, 6.45) is 0.115. The Hall–Kier alpha value is -1.48. The Bertz CT molecular complexity index is 697. The molecule has 1 aromatic heterocycles. The summed E-state index contributed by atoms with van der Waals surface area (Å²) in [6, 6.07) is 14.5. The third kappa shape index (κ3) is 7.70. The average Bonchev–Trinajstić information content (AvgIpc) is 2.71. The second-order valence-corrected chi connectivity index (χ2v) is 9.72. The minimum absolute atomic E-state index is 0.242. The van der Waals surface area contributed by atoms with Gasteiger partial charge < -0.3 is 19.1 Å². The average molecular weight is 421 g/mol. The highest BCUT2D eigenvalue weighted by Crippen LogP contribution is 2.23. The van der Waals surface area contributed by atoms with E-state index in [9.17, 15) is 9.66 Å². The summed E-state index contributed by atoms with van der Waals surface area (Å²) >= 11 is -1.40. The van der Waals surface area contributed by atoms with Gasteiger partial charge in [0.05, 0.1) is 18.9 Å². The van der Waals surface area contributed by atoms with Crippen molar-refractivity contribution in [3.05, 3.63) is 66.0 Å². The first kappa shape index (κ1) is 23.8. The lowest BCUT2D eigenvalue weighted by Crippen LogP contribution is -2.54. The highest BCUT2D eigenvalue weighted by atomic mass is 32.2. The SMILES string of the molecule is CCOC(COCc1ccccc1)C(N[S+]([O-])C(C)(C)C)C(O)c1ccccn1. The van der Waals surface area contributed by atoms with Crippen molar-refractivity contribution in [3.8, 4) is 0 Å². The Morgan fingerprint density at radius 1 is 1.14 bits per heavy atom. The van der Waals surface area contributed by atoms with Gasteiger partial charge in [0.2, 0.25) is 0 Å². The molecular formula is C22H32N2O4S. The fourth-order valence-corrected chi connectivity index (χ4v) is 3.60. The molecule has 4 unspecified atom stereocenters. The maximum atomic E-state index is 12.8. The van der Waals surface area contributed by atoms with Crippen LogP contribution in [-0.2, 0) is 27.4 Å². The number of hydrogen-bond donors (Lipinski definition) is 2. The highest BCUT2D eigenvalue weighted by Gasteiger charge is 2.38. The van der Waals surface area contributed by atoms with Gasteiger partial charge >= 0.3 is 0 Å². The van der Waals surface area contributed by atoms with Crippen molar-refractivity contribution >= 4 is 11.4 Å². The highest BCUT2D eigenvalue weighted by molar-refractivity contribution is 7.90. The summed E-state index contributed by atoms with van der Waals surface area (Å²) in [5.41, 5.74) is 1.54. The molecule has 1 heterocycles. The molecule has 0 spiro atoms. The third-order valence-corrected chi connectivity index (χ3v) is 5.90. The van der Waals surface area contributed by atoms with Gasteiger partial charge in [-0.2, -0.15) is 0 Å². The Balaban J connectivity index is 2.16. The minimum atomic E-state index is -1.40. The van der Waals surface area contributed by atoms with E-state index in [1.54, 1.807) is 18.3 Å². The molecule has 6 nitrogen and oxygen atoms in total. The Kier molecular flexibility index (Phi) is 9.55. The van der Waals surface area contributed by atoms with Crippen molar-refractivity contribution < 1.29 is 19.1 Å². The van der Waals surface area contributed by atoms with Crippen molar-refractivity contribution in [3.63, 3.8) is 0 Å². The van der Waals surface area contributed by atoms with Crippen LogP contribution in [0.3, 0.4) is 0 Å². The van der Waals surface area contributed by atoms with Crippen molar-refractivity contribution in [1.82, 2.24) is 9.71 Å². The van der Waals surface area contributed by atoms with Crippen LogP contribution in [0.15, 0.2) is 54.7 Å². The number of nitrogens with one attached hydrogen (secondary N) is 1. The van der Waals surface area contributed by atoms with Crippen LogP contribution in [0.5, 0.6) is 0 Å². The summed E-state index contributed by atoms with van der Waals surface area (Å²) in [7, 11) is 0. The van der Waals surface area contributed by atoms with E-state index in [0.29, 0.717) is 18.9 Å². The Labute approximate surface area is 177 Å². The first-order chi connectivity index (χ1) is 13.8. The van der Waals surface area contributed by atoms with Gasteiger partial charge in [-0.25, -0.2) is 0 Å². The molecule has 2 aromatic rings. The van der Waals surface area contributed by atoms with E-state index < -0.39 is 34.4 Å². The number of nitrogens with zero attached hydrogens (tertiary/aromatic N) is 1. The van der Waals surface area contributed by atoms with Gasteiger partial charge in [0.25, 0.3) is 0 Å². The Morgan fingerprint density at radius 2 is 1.83 bits per heavy atom. The number of benzene rings is 1. The molecule has 0 bridgehead atoms. The first-order valence-corrected chi connectivity index (χ1v) is 11.0. The van der Waals surface area contributed by atoms with Gasteiger partial charge in [-0.15, -0.1) is 4.72 Å². The molecule has 4 atom stereocenters. The zero-order valence-electron chi connectivity index (χ0n) is 17.6. The van der Waals surface area contributed by atoms with Crippen molar-refractivity contribution in [2.75, 3.05) is 13.2 Å². The number of ether oxygens (including phenoxy) is 2. The maximum absolute atomic E-state index is 12.8. The quantitative estimate of drug-likeness (QED) is 0.543. The van der Waals surface area contributed by atoms with Crippen molar-refractivity contribution in [2.45, 2.75) is 57.3 Å². The molecule has 0 saturated carbocycles. The number of hydrogen-bond acceptors (Lipinski definition) is 6. The van der Waals surface area contributed by atoms with Crippen LogP contribution in [-0.4, -0.2) is 44.7 Å². The molecule has 0 radical (unpaired) electrons. The van der Waals surface area contributed by atoms with E-state index in [1.165, 1.54) is 0 Å². The van der Waals surface area contributed by atoms with E-state index in [-0.39, 0.29) is 6.61 Å². The summed E-state index contributed by atoms with van der Waals surface area (Å²) in [4.78, 5) is 4.25. The largest absolute Gasteiger partial charge is 0.598 e. The predicted molar refractivity (Wildman–Crippen MR) is 116 cm³/mol. The van der Waals surface area contributed by atoms with E-state index in [0.717, 1.165) is 5.56 Å². The number of aliphatic hydroxyl groups excluding tert-OH is 1. The van der Waals surface area contributed by atoms with Crippen LogP contribution in [0, 0.1) is 0 Å². The normalized spacial score (nSPS) is 16.2. The number of pyridine rings is 1. The topological polar surface area (TPSA) is 86.7 Å². The molecule has 0 fully saturated rings. The molecule has 0 aliphatic rings. The predicted octanol–water partition coefficient (Wildman–Crippen LogP) is 3.16. The second kappa shape index (κ2) is 11.6. The fraction of sp³-hybridized carbons (Fsp3) is 0.500. The van der Waals surface area contributed by atoms with Crippen LogP contribution in [0.25, 0.3) is 0 Å². The summed E-state index contributed by atoms with van der Waals surface area (Å²) < 4.78 is 27.1. The third-order valence-electron chi connectivity index (χ3n) is 4.31. The zero-order chi connectivity index (χ0) is 21.3. The van der Waals surface area contributed by atoms with Gasteiger partial charge in [0.15, 0.2) is 0 Å². The van der Waals surface area contributed by atoms with Crippen molar-refractivity contribution in [1.29, 1.82) is 0 Å². The summed E-state index contributed by atoms with van der Waals surface area (Å²) in [5, 5.41) is 11.0. The molecule has 0 aliphatic heterocycles. The maximum Gasteiger partial charge on any atom is 0.136 e. The number of rotatable bonds is 11. The first-order valence-electron chi connectivity index (χ1n) is 9.83. The fourth-order valence-electron chi connectivity index (χ4n) is 2.72. The molecule has 2 N–H and O–H groups in total. The molecule has 0 amide bonds. The van der Waals surface area contributed by atoms with Gasteiger partial charge in [0.1, 0.15) is 23.0 Å². The summed E-state index contributed by atoms with van der Waals surface area (Å²) in [5.74, 6) is 0. The molecule has 160 valence electrons. The molecule has 0 aliphatic carbocycles. The van der Waals surface area contributed by atoms with Crippen LogP contribution in [0.2, 0.25) is 0 Å². The van der Waals surface area contributed by atoms with Gasteiger partial charge in [0, 0.05) is 24.2 Å². The number of aromatic nitrogens is 1.